The lowest BCUT2D eigenvalue weighted by atomic mass is 9.96. The number of methoxy groups -OCH3 is 1. The summed E-state index contributed by atoms with van der Waals surface area (Å²) in [4.78, 5) is 14.1. The van der Waals surface area contributed by atoms with Crippen molar-refractivity contribution in [3.05, 3.63) is 29.6 Å². The number of hydrogen-bond acceptors (Lipinski definition) is 3. The summed E-state index contributed by atoms with van der Waals surface area (Å²) < 4.78 is 18.3. The van der Waals surface area contributed by atoms with E-state index in [0.717, 1.165) is 6.54 Å². The molecule has 0 amide bonds. The van der Waals surface area contributed by atoms with E-state index in [2.05, 4.69) is 20.8 Å². The van der Waals surface area contributed by atoms with E-state index < -0.39 is 5.82 Å². The molecule has 0 aliphatic carbocycles. The minimum Gasteiger partial charge on any atom is -0.496 e. The van der Waals surface area contributed by atoms with Crippen molar-refractivity contribution in [3.8, 4) is 5.75 Å². The van der Waals surface area contributed by atoms with Gasteiger partial charge in [-0.3, -0.25) is 9.69 Å². The molecule has 0 atom stereocenters. The molecular weight excluding hydrogens is 245 g/mol. The van der Waals surface area contributed by atoms with E-state index in [4.69, 9.17) is 4.74 Å². The van der Waals surface area contributed by atoms with Crippen LogP contribution in [0, 0.1) is 11.2 Å². The molecule has 0 saturated heterocycles. The summed E-state index contributed by atoms with van der Waals surface area (Å²) in [6.07, 6.45) is 0. The van der Waals surface area contributed by atoms with Gasteiger partial charge in [-0.05, 0) is 30.7 Å². The fourth-order valence-corrected chi connectivity index (χ4v) is 2.09. The Balaban J connectivity index is 2.81. The summed E-state index contributed by atoms with van der Waals surface area (Å²) in [5.74, 6) is -0.152. The van der Waals surface area contributed by atoms with Crippen molar-refractivity contribution in [2.45, 2.75) is 20.8 Å². The highest BCUT2D eigenvalue weighted by molar-refractivity contribution is 6.00. The molecule has 0 aliphatic heterocycles. The third-order valence-corrected chi connectivity index (χ3v) is 2.62. The predicted molar refractivity (Wildman–Crippen MR) is 74.2 cm³/mol. The maximum Gasteiger partial charge on any atom is 0.180 e. The normalized spacial score (nSPS) is 11.7. The highest BCUT2D eigenvalue weighted by Crippen LogP contribution is 2.21. The second-order valence-corrected chi connectivity index (χ2v) is 6.00. The monoisotopic (exact) mass is 267 g/mol. The van der Waals surface area contributed by atoms with Gasteiger partial charge < -0.3 is 4.74 Å². The molecule has 19 heavy (non-hydrogen) atoms. The van der Waals surface area contributed by atoms with Crippen LogP contribution in [0.1, 0.15) is 31.1 Å². The first-order chi connectivity index (χ1) is 8.73. The Hall–Kier alpha value is -1.42. The van der Waals surface area contributed by atoms with Crippen LogP contribution in [0.25, 0.3) is 0 Å². The summed E-state index contributed by atoms with van der Waals surface area (Å²) in [5.41, 5.74) is 0.407. The molecule has 0 radical (unpaired) electrons. The maximum atomic E-state index is 13.2. The van der Waals surface area contributed by atoms with E-state index in [-0.39, 0.29) is 17.7 Å². The number of carbonyl (C=O) groups is 1. The molecule has 0 aromatic heterocycles. The molecule has 0 unspecified atom stereocenters. The van der Waals surface area contributed by atoms with Crippen molar-refractivity contribution < 1.29 is 13.9 Å². The summed E-state index contributed by atoms with van der Waals surface area (Å²) in [5, 5.41) is 0. The fourth-order valence-electron chi connectivity index (χ4n) is 2.09. The first-order valence-corrected chi connectivity index (χ1v) is 6.28. The van der Waals surface area contributed by atoms with Crippen LogP contribution in [-0.2, 0) is 0 Å². The zero-order valence-corrected chi connectivity index (χ0v) is 12.3. The van der Waals surface area contributed by atoms with Crippen LogP contribution in [-0.4, -0.2) is 37.9 Å². The number of rotatable bonds is 5. The summed E-state index contributed by atoms with van der Waals surface area (Å²) >= 11 is 0. The number of hydrogen-bond donors (Lipinski definition) is 0. The Labute approximate surface area is 114 Å². The van der Waals surface area contributed by atoms with Gasteiger partial charge in [-0.1, -0.05) is 20.8 Å². The quantitative estimate of drug-likeness (QED) is 0.768. The average molecular weight is 267 g/mol. The molecule has 0 bridgehead atoms. The van der Waals surface area contributed by atoms with Crippen LogP contribution in [0.5, 0.6) is 5.75 Å². The topological polar surface area (TPSA) is 29.5 Å². The van der Waals surface area contributed by atoms with E-state index in [1.165, 1.54) is 25.3 Å². The minimum absolute atomic E-state index is 0.112. The molecular formula is C15H22FNO2. The Morgan fingerprint density at radius 2 is 2.00 bits per heavy atom. The van der Waals surface area contributed by atoms with Crippen LogP contribution in [0.4, 0.5) is 4.39 Å². The van der Waals surface area contributed by atoms with Gasteiger partial charge in [-0.2, -0.15) is 0 Å². The molecule has 0 fully saturated rings. The van der Waals surface area contributed by atoms with Crippen molar-refractivity contribution in [1.82, 2.24) is 4.90 Å². The third-order valence-electron chi connectivity index (χ3n) is 2.62. The van der Waals surface area contributed by atoms with E-state index in [0.29, 0.717) is 11.3 Å². The Morgan fingerprint density at radius 1 is 1.37 bits per heavy atom. The van der Waals surface area contributed by atoms with Crippen LogP contribution in [0.15, 0.2) is 18.2 Å². The van der Waals surface area contributed by atoms with Gasteiger partial charge in [0.1, 0.15) is 11.6 Å². The second kappa shape index (κ2) is 6.15. The van der Waals surface area contributed by atoms with Crippen molar-refractivity contribution in [3.63, 3.8) is 0 Å². The van der Waals surface area contributed by atoms with Gasteiger partial charge in [-0.15, -0.1) is 0 Å². The number of carbonyl (C=O) groups excluding carboxylic acids is 1. The van der Waals surface area contributed by atoms with Gasteiger partial charge in [0.2, 0.25) is 0 Å². The van der Waals surface area contributed by atoms with E-state index >= 15 is 0 Å². The van der Waals surface area contributed by atoms with Crippen LogP contribution in [0.2, 0.25) is 0 Å². The highest BCUT2D eigenvalue weighted by Gasteiger charge is 2.19. The maximum absolute atomic E-state index is 13.2. The number of halogens is 1. The van der Waals surface area contributed by atoms with Crippen LogP contribution < -0.4 is 4.74 Å². The Kier molecular flexibility index (Phi) is 5.06. The van der Waals surface area contributed by atoms with Crippen molar-refractivity contribution in [2.24, 2.45) is 5.41 Å². The van der Waals surface area contributed by atoms with E-state index in [1.807, 2.05) is 11.9 Å². The second-order valence-electron chi connectivity index (χ2n) is 6.00. The smallest absolute Gasteiger partial charge is 0.180 e. The highest BCUT2D eigenvalue weighted by atomic mass is 19.1. The SMILES string of the molecule is COc1ccc(F)cc1C(=O)CN(C)CC(C)(C)C. The molecule has 3 nitrogen and oxygen atoms in total. The average Bonchev–Trinajstić information content (AvgIpc) is 2.26. The van der Waals surface area contributed by atoms with Crippen molar-refractivity contribution in [1.29, 1.82) is 0 Å². The first kappa shape index (κ1) is 15.6. The van der Waals surface area contributed by atoms with Gasteiger partial charge in [-0.25, -0.2) is 4.39 Å². The predicted octanol–water partition coefficient (Wildman–Crippen LogP) is 2.99. The number of ether oxygens (including phenoxy) is 1. The Morgan fingerprint density at radius 3 is 2.53 bits per heavy atom. The molecule has 0 N–H and O–H groups in total. The van der Waals surface area contributed by atoms with Crippen LogP contribution in [0.3, 0.4) is 0 Å². The number of benzene rings is 1. The standard InChI is InChI=1S/C15H22FNO2/c1-15(2,3)10-17(4)9-13(18)12-8-11(16)6-7-14(12)19-5/h6-8H,9-10H2,1-5H3. The van der Waals surface area contributed by atoms with Crippen molar-refractivity contribution in [2.75, 3.05) is 27.2 Å². The molecule has 0 heterocycles. The molecule has 0 aliphatic rings. The molecule has 4 heteroatoms. The first-order valence-electron chi connectivity index (χ1n) is 6.28. The minimum atomic E-state index is -0.428. The molecule has 1 aromatic rings. The fraction of sp³-hybridized carbons (Fsp3) is 0.533. The molecule has 1 rings (SSSR count). The lowest BCUT2D eigenvalue weighted by Crippen LogP contribution is -2.33. The lowest BCUT2D eigenvalue weighted by Gasteiger charge is -2.26. The van der Waals surface area contributed by atoms with E-state index in [1.54, 1.807) is 0 Å². The third kappa shape index (κ3) is 4.99. The van der Waals surface area contributed by atoms with Crippen molar-refractivity contribution >= 4 is 5.78 Å². The number of likely N-dealkylation sites (N-methyl/N-ethyl adjacent to an activating group) is 1. The Bertz CT molecular complexity index is 452. The molecule has 106 valence electrons. The van der Waals surface area contributed by atoms with Gasteiger partial charge >= 0.3 is 0 Å². The van der Waals surface area contributed by atoms with Gasteiger partial charge in [0.25, 0.3) is 0 Å². The number of nitrogens with zero attached hydrogens (tertiary/aromatic N) is 1. The van der Waals surface area contributed by atoms with Crippen LogP contribution >= 0.6 is 0 Å². The molecule has 0 spiro atoms. The zero-order valence-electron chi connectivity index (χ0n) is 12.3. The zero-order chi connectivity index (χ0) is 14.6. The largest absolute Gasteiger partial charge is 0.496 e. The summed E-state index contributed by atoms with van der Waals surface area (Å²) in [6, 6.07) is 3.99. The summed E-state index contributed by atoms with van der Waals surface area (Å²) in [6.45, 7) is 7.36. The molecule has 0 saturated carbocycles. The number of ketones is 1. The van der Waals surface area contributed by atoms with Gasteiger partial charge in [0.15, 0.2) is 5.78 Å². The summed E-state index contributed by atoms with van der Waals surface area (Å²) in [7, 11) is 3.36. The lowest BCUT2D eigenvalue weighted by molar-refractivity contribution is 0.0923. The van der Waals surface area contributed by atoms with Gasteiger partial charge in [0, 0.05) is 6.54 Å². The van der Waals surface area contributed by atoms with Gasteiger partial charge in [0.05, 0.1) is 19.2 Å². The van der Waals surface area contributed by atoms with E-state index in [9.17, 15) is 9.18 Å². The number of Topliss-reactive ketones (excluding diaryl/α,β-unsaturated/α-hetero) is 1. The molecule has 1 aromatic carbocycles.